The molecule has 0 spiro atoms. The molecule has 0 aliphatic rings. The molecular formula is C18H23FN2O2S. The quantitative estimate of drug-likeness (QED) is 0.828. The topological polar surface area (TPSA) is 65.2 Å². The molecule has 2 atom stereocenters. The Morgan fingerprint density at radius 3 is 2.58 bits per heavy atom. The van der Waals surface area contributed by atoms with Crippen LogP contribution in [0.1, 0.15) is 44.4 Å². The van der Waals surface area contributed by atoms with Crippen LogP contribution < -0.4 is 9.88 Å². The van der Waals surface area contributed by atoms with Gasteiger partial charge in [-0.2, -0.15) is 0 Å². The van der Waals surface area contributed by atoms with Crippen molar-refractivity contribution in [3.63, 3.8) is 0 Å². The summed E-state index contributed by atoms with van der Waals surface area (Å²) in [6.07, 6.45) is 2.29. The van der Waals surface area contributed by atoms with Crippen molar-refractivity contribution >= 4 is 11.0 Å². The van der Waals surface area contributed by atoms with Gasteiger partial charge in [0, 0.05) is 11.3 Å². The molecule has 130 valence electrons. The van der Waals surface area contributed by atoms with Gasteiger partial charge in [-0.05, 0) is 44.4 Å². The first-order chi connectivity index (χ1) is 11.3. The van der Waals surface area contributed by atoms with Crippen molar-refractivity contribution in [2.24, 2.45) is 5.14 Å². The number of hydrogen-bond acceptors (Lipinski definition) is 3. The molecule has 2 rings (SSSR count). The number of aromatic nitrogens is 1. The zero-order valence-electron chi connectivity index (χ0n) is 14.2. The summed E-state index contributed by atoms with van der Waals surface area (Å²) in [5, 5.41) is 5.53. The van der Waals surface area contributed by atoms with Crippen molar-refractivity contribution in [1.82, 2.24) is 4.98 Å². The molecule has 1 aromatic carbocycles. The molecule has 0 saturated carbocycles. The van der Waals surface area contributed by atoms with Crippen molar-refractivity contribution in [1.29, 1.82) is 0 Å². The molecule has 0 aliphatic heterocycles. The number of benzene rings is 1. The fraction of sp³-hybridized carbons (Fsp3) is 0.389. The zero-order chi connectivity index (χ0) is 17.7. The summed E-state index contributed by atoms with van der Waals surface area (Å²) in [5.74, 6) is 0.414. The van der Waals surface area contributed by atoms with Gasteiger partial charge >= 0.3 is 0 Å². The van der Waals surface area contributed by atoms with E-state index in [4.69, 9.17) is 9.88 Å². The second kappa shape index (κ2) is 7.85. The highest BCUT2D eigenvalue weighted by Gasteiger charge is 2.27. The predicted molar refractivity (Wildman–Crippen MR) is 94.4 cm³/mol. The van der Waals surface area contributed by atoms with Gasteiger partial charge in [0.1, 0.15) is 18.2 Å². The van der Waals surface area contributed by atoms with E-state index in [0.717, 1.165) is 5.69 Å². The van der Waals surface area contributed by atoms with Crippen LogP contribution in [0.5, 0.6) is 5.75 Å². The van der Waals surface area contributed by atoms with Crippen molar-refractivity contribution in [3.05, 3.63) is 59.7 Å². The summed E-state index contributed by atoms with van der Waals surface area (Å²) in [5.41, 5.74) is 1.38. The number of nitrogens with two attached hydrogens (primary N) is 1. The van der Waals surface area contributed by atoms with Crippen LogP contribution in [0.15, 0.2) is 42.6 Å². The van der Waals surface area contributed by atoms with Crippen LogP contribution >= 0.6 is 0 Å². The Morgan fingerprint density at radius 1 is 1.29 bits per heavy atom. The van der Waals surface area contributed by atoms with E-state index in [1.165, 1.54) is 6.07 Å². The van der Waals surface area contributed by atoms with Crippen LogP contribution in [0.4, 0.5) is 4.39 Å². The molecule has 1 unspecified atom stereocenters. The van der Waals surface area contributed by atoms with Gasteiger partial charge in [-0.1, -0.05) is 25.1 Å². The summed E-state index contributed by atoms with van der Waals surface area (Å²) in [6, 6.07) is 10.2. The number of hydrogen-bond donors (Lipinski definition) is 1. The third-order valence-electron chi connectivity index (χ3n) is 3.96. The first kappa shape index (κ1) is 18.5. The SMILES string of the molecule is C[C@H](CC(C)(C)S(N)=O)c1ccc(OCc2ccccc2F)cn1. The Balaban J connectivity index is 1.98. The summed E-state index contributed by atoms with van der Waals surface area (Å²) in [4.78, 5) is 4.40. The Bertz CT molecular complexity index is 704. The average Bonchev–Trinajstić information content (AvgIpc) is 2.54. The molecule has 2 N–H and O–H groups in total. The largest absolute Gasteiger partial charge is 0.487 e. The number of pyridine rings is 1. The van der Waals surface area contributed by atoms with Gasteiger partial charge in [-0.3, -0.25) is 10.1 Å². The van der Waals surface area contributed by atoms with E-state index >= 15 is 0 Å². The molecule has 2 aromatic rings. The molecule has 0 radical (unpaired) electrons. The van der Waals surface area contributed by atoms with E-state index in [0.29, 0.717) is 17.7 Å². The lowest BCUT2D eigenvalue weighted by Crippen LogP contribution is -2.33. The lowest BCUT2D eigenvalue weighted by Gasteiger charge is -2.24. The Hall–Kier alpha value is -1.79. The first-order valence-electron chi connectivity index (χ1n) is 7.78. The van der Waals surface area contributed by atoms with E-state index in [1.807, 2.05) is 32.9 Å². The molecule has 1 aromatic heterocycles. The van der Waals surface area contributed by atoms with E-state index < -0.39 is 15.7 Å². The number of nitrogens with zero attached hydrogens (tertiary/aromatic N) is 1. The highest BCUT2D eigenvalue weighted by atomic mass is 32.2. The van der Waals surface area contributed by atoms with Crippen molar-refractivity contribution in [3.8, 4) is 5.75 Å². The molecule has 0 aliphatic carbocycles. The van der Waals surface area contributed by atoms with Crippen LogP contribution in [0.25, 0.3) is 0 Å². The van der Waals surface area contributed by atoms with Crippen LogP contribution in [0, 0.1) is 5.82 Å². The molecule has 6 heteroatoms. The van der Waals surface area contributed by atoms with E-state index in [-0.39, 0.29) is 18.3 Å². The van der Waals surface area contributed by atoms with Gasteiger partial charge in [0.05, 0.1) is 21.9 Å². The van der Waals surface area contributed by atoms with Gasteiger partial charge in [0.15, 0.2) is 0 Å². The lowest BCUT2D eigenvalue weighted by atomic mass is 9.95. The maximum Gasteiger partial charge on any atom is 0.138 e. The second-order valence-electron chi connectivity index (χ2n) is 6.46. The van der Waals surface area contributed by atoms with E-state index in [9.17, 15) is 8.60 Å². The lowest BCUT2D eigenvalue weighted by molar-refractivity contribution is 0.298. The molecule has 24 heavy (non-hydrogen) atoms. The smallest absolute Gasteiger partial charge is 0.138 e. The minimum Gasteiger partial charge on any atom is -0.487 e. The number of halogens is 1. The third kappa shape index (κ3) is 4.85. The molecule has 1 heterocycles. The highest BCUT2D eigenvalue weighted by molar-refractivity contribution is 7.84. The van der Waals surface area contributed by atoms with E-state index in [2.05, 4.69) is 4.98 Å². The molecule has 0 bridgehead atoms. The maximum atomic E-state index is 13.6. The van der Waals surface area contributed by atoms with Crippen LogP contribution in [-0.4, -0.2) is 13.9 Å². The van der Waals surface area contributed by atoms with E-state index in [1.54, 1.807) is 24.4 Å². The standard InChI is InChI=1S/C18H23FN2O2S/c1-13(10-18(2,3)24(20)22)17-9-8-15(11-21-17)23-12-14-6-4-5-7-16(14)19/h4-9,11,13H,10,12,20H2,1-3H3/t13-,24?/m1/s1. The molecule has 4 nitrogen and oxygen atoms in total. The first-order valence-corrected chi connectivity index (χ1v) is 8.99. The summed E-state index contributed by atoms with van der Waals surface area (Å²) in [7, 11) is -1.39. The third-order valence-corrected chi connectivity index (χ3v) is 5.21. The molecule has 0 saturated heterocycles. The number of ether oxygens (including phenoxy) is 1. The summed E-state index contributed by atoms with van der Waals surface area (Å²) in [6.45, 7) is 5.94. The van der Waals surface area contributed by atoms with Crippen LogP contribution in [0.3, 0.4) is 0 Å². The maximum absolute atomic E-state index is 13.6. The van der Waals surface area contributed by atoms with Gasteiger partial charge in [-0.15, -0.1) is 0 Å². The predicted octanol–water partition coefficient (Wildman–Crippen LogP) is 3.69. The fourth-order valence-electron chi connectivity index (χ4n) is 2.47. The highest BCUT2D eigenvalue weighted by Crippen LogP contribution is 2.28. The van der Waals surface area contributed by atoms with Crippen molar-refractivity contribution in [2.45, 2.75) is 44.5 Å². The summed E-state index contributed by atoms with van der Waals surface area (Å²) < 4.78 is 30.2. The van der Waals surface area contributed by atoms with Crippen molar-refractivity contribution in [2.75, 3.05) is 0 Å². The Labute approximate surface area is 144 Å². The zero-order valence-corrected chi connectivity index (χ0v) is 15.0. The minimum absolute atomic E-state index is 0.119. The Kier molecular flexibility index (Phi) is 6.07. The van der Waals surface area contributed by atoms with Gasteiger partial charge in [-0.25, -0.2) is 8.60 Å². The normalized spacial score (nSPS) is 14.2. The van der Waals surface area contributed by atoms with Gasteiger partial charge < -0.3 is 4.74 Å². The number of rotatable bonds is 7. The van der Waals surface area contributed by atoms with Crippen LogP contribution in [0.2, 0.25) is 0 Å². The Morgan fingerprint density at radius 2 is 2.00 bits per heavy atom. The minimum atomic E-state index is -1.39. The molecule has 0 fully saturated rings. The van der Waals surface area contributed by atoms with Crippen LogP contribution in [-0.2, 0) is 17.6 Å². The van der Waals surface area contributed by atoms with Crippen molar-refractivity contribution < 1.29 is 13.3 Å². The molecular weight excluding hydrogens is 327 g/mol. The summed E-state index contributed by atoms with van der Waals surface area (Å²) >= 11 is 0. The fourth-order valence-corrected chi connectivity index (χ4v) is 2.88. The average molecular weight is 350 g/mol. The second-order valence-corrected chi connectivity index (χ2v) is 8.16. The van der Waals surface area contributed by atoms with Gasteiger partial charge in [0.25, 0.3) is 0 Å². The van der Waals surface area contributed by atoms with Gasteiger partial charge in [0.2, 0.25) is 0 Å². The monoisotopic (exact) mass is 350 g/mol. The molecule has 0 amide bonds.